The van der Waals surface area contributed by atoms with Crippen LogP contribution in [0.2, 0.25) is 0 Å². The monoisotopic (exact) mass is 264 g/mol. The fourth-order valence-corrected chi connectivity index (χ4v) is 3.85. The van der Waals surface area contributed by atoms with Crippen LogP contribution in [0.5, 0.6) is 0 Å². The van der Waals surface area contributed by atoms with Gasteiger partial charge in [0, 0.05) is 0 Å². The molecule has 2 N–H and O–H groups in total. The summed E-state index contributed by atoms with van der Waals surface area (Å²) in [6.07, 6.45) is 0.956. The van der Waals surface area contributed by atoms with Crippen molar-refractivity contribution in [2.45, 2.75) is 37.4 Å². The van der Waals surface area contributed by atoms with Gasteiger partial charge in [-0.05, 0) is 25.7 Å². The van der Waals surface area contributed by atoms with Gasteiger partial charge in [0.05, 0.1) is 23.3 Å². The van der Waals surface area contributed by atoms with Crippen molar-refractivity contribution >= 4 is 21.8 Å². The van der Waals surface area contributed by atoms with Crippen LogP contribution in [0.25, 0.3) is 0 Å². The normalized spacial score (nSPS) is 25.4. The maximum absolute atomic E-state index is 11.8. The minimum absolute atomic E-state index is 0.318. The van der Waals surface area contributed by atoms with E-state index in [2.05, 4.69) is 0 Å². The molecule has 0 unspecified atom stereocenters. The molecule has 0 atom stereocenters. The molecule has 0 radical (unpaired) electrons. The Morgan fingerprint density at radius 3 is 2.00 bits per heavy atom. The number of carboxylic acid groups (broad SMARTS) is 2. The van der Waals surface area contributed by atoms with Crippen LogP contribution < -0.4 is 0 Å². The van der Waals surface area contributed by atoms with Crippen LogP contribution in [0.4, 0.5) is 0 Å². The van der Waals surface area contributed by atoms with Crippen LogP contribution in [-0.4, -0.2) is 41.6 Å². The van der Waals surface area contributed by atoms with Gasteiger partial charge in [-0.3, -0.25) is 9.59 Å². The molecule has 1 rings (SSSR count). The molecule has 0 heterocycles. The van der Waals surface area contributed by atoms with E-state index in [-0.39, 0.29) is 12.2 Å². The number of sulfone groups is 1. The first-order chi connectivity index (χ1) is 7.83. The molecule has 0 aromatic rings. The molecular formula is C10H16O6S. The summed E-state index contributed by atoms with van der Waals surface area (Å²) < 4.78 is 23.5. The van der Waals surface area contributed by atoms with Gasteiger partial charge in [0.1, 0.15) is 0 Å². The molecule has 1 aliphatic rings. The van der Waals surface area contributed by atoms with E-state index in [1.54, 1.807) is 0 Å². The fourth-order valence-electron chi connectivity index (χ4n) is 2.07. The summed E-state index contributed by atoms with van der Waals surface area (Å²) in [5.41, 5.74) is 0. The Bertz CT molecular complexity index is 391. The molecule has 6 nitrogen and oxygen atoms in total. The number of hydrogen-bond donors (Lipinski definition) is 2. The van der Waals surface area contributed by atoms with Crippen LogP contribution >= 0.6 is 0 Å². The van der Waals surface area contributed by atoms with Crippen LogP contribution in [0.3, 0.4) is 0 Å². The summed E-state index contributed by atoms with van der Waals surface area (Å²) in [5.74, 6) is -2.83. The zero-order valence-corrected chi connectivity index (χ0v) is 10.1. The van der Waals surface area contributed by atoms with E-state index in [1.807, 2.05) is 0 Å². The molecule has 1 aliphatic carbocycles. The Morgan fingerprint density at radius 2 is 1.59 bits per heavy atom. The Balaban J connectivity index is 2.52. The maximum Gasteiger partial charge on any atom is 0.306 e. The van der Waals surface area contributed by atoms with Crippen LogP contribution in [-0.2, 0) is 19.4 Å². The van der Waals surface area contributed by atoms with Gasteiger partial charge in [-0.1, -0.05) is 0 Å². The predicted octanol–water partition coefficient (Wildman–Crippen LogP) is 0.519. The van der Waals surface area contributed by atoms with E-state index >= 15 is 0 Å². The van der Waals surface area contributed by atoms with Crippen molar-refractivity contribution in [2.24, 2.45) is 5.92 Å². The summed E-state index contributed by atoms with van der Waals surface area (Å²) in [7, 11) is -3.40. The first-order valence-corrected chi connectivity index (χ1v) is 7.20. The molecule has 0 saturated heterocycles. The molecule has 7 heteroatoms. The van der Waals surface area contributed by atoms with E-state index in [0.717, 1.165) is 0 Å². The highest BCUT2D eigenvalue weighted by atomic mass is 32.2. The molecule has 1 fully saturated rings. The standard InChI is InChI=1S/C10H16O6S/c11-9(12)5-6-17(15,16)8-3-1-7(2-4-8)10(13)14/h7-8H,1-6H2,(H,11,12)(H,13,14). The van der Waals surface area contributed by atoms with Crippen molar-refractivity contribution in [3.8, 4) is 0 Å². The summed E-state index contributed by atoms with van der Waals surface area (Å²) in [6.45, 7) is 0. The number of rotatable bonds is 5. The Hall–Kier alpha value is -1.11. The lowest BCUT2D eigenvalue weighted by Gasteiger charge is -2.25. The third-order valence-corrected chi connectivity index (χ3v) is 5.39. The zero-order valence-electron chi connectivity index (χ0n) is 9.33. The van der Waals surface area contributed by atoms with Gasteiger partial charge < -0.3 is 10.2 Å². The van der Waals surface area contributed by atoms with Gasteiger partial charge in [-0.25, -0.2) is 8.42 Å². The van der Waals surface area contributed by atoms with Gasteiger partial charge in [-0.15, -0.1) is 0 Å². The molecule has 98 valence electrons. The lowest BCUT2D eigenvalue weighted by Crippen LogP contribution is -2.31. The summed E-state index contributed by atoms with van der Waals surface area (Å²) >= 11 is 0. The van der Waals surface area contributed by atoms with E-state index in [0.29, 0.717) is 25.7 Å². The molecule has 1 saturated carbocycles. The average molecular weight is 264 g/mol. The fraction of sp³-hybridized carbons (Fsp3) is 0.800. The Kier molecular flexibility index (Phi) is 4.50. The molecule has 0 aromatic heterocycles. The van der Waals surface area contributed by atoms with Crippen LogP contribution in [0.1, 0.15) is 32.1 Å². The second kappa shape index (κ2) is 5.48. The largest absolute Gasteiger partial charge is 0.481 e. The van der Waals surface area contributed by atoms with Gasteiger partial charge >= 0.3 is 11.9 Å². The predicted molar refractivity (Wildman–Crippen MR) is 59.4 cm³/mol. The summed E-state index contributed by atoms with van der Waals surface area (Å²) in [6, 6.07) is 0. The summed E-state index contributed by atoms with van der Waals surface area (Å²) in [4.78, 5) is 21.0. The topological polar surface area (TPSA) is 109 Å². The first kappa shape index (κ1) is 14.0. The third-order valence-electron chi connectivity index (χ3n) is 3.13. The molecular weight excluding hydrogens is 248 g/mol. The lowest BCUT2D eigenvalue weighted by molar-refractivity contribution is -0.142. The molecule has 17 heavy (non-hydrogen) atoms. The molecule has 0 bridgehead atoms. The van der Waals surface area contributed by atoms with Crippen molar-refractivity contribution in [3.63, 3.8) is 0 Å². The Morgan fingerprint density at radius 1 is 1.06 bits per heavy atom. The first-order valence-electron chi connectivity index (χ1n) is 5.49. The highest BCUT2D eigenvalue weighted by Gasteiger charge is 2.33. The van der Waals surface area contributed by atoms with E-state index in [1.165, 1.54) is 0 Å². The van der Waals surface area contributed by atoms with E-state index < -0.39 is 32.9 Å². The van der Waals surface area contributed by atoms with Gasteiger partial charge in [-0.2, -0.15) is 0 Å². The maximum atomic E-state index is 11.8. The van der Waals surface area contributed by atoms with Crippen molar-refractivity contribution in [2.75, 3.05) is 5.75 Å². The van der Waals surface area contributed by atoms with E-state index in [4.69, 9.17) is 10.2 Å². The van der Waals surface area contributed by atoms with Gasteiger partial charge in [0.2, 0.25) is 0 Å². The number of carbonyl (C=O) groups is 2. The quantitative estimate of drug-likeness (QED) is 0.749. The van der Waals surface area contributed by atoms with E-state index in [9.17, 15) is 18.0 Å². The number of carboxylic acids is 2. The second-order valence-electron chi connectivity index (χ2n) is 4.32. The molecule has 0 amide bonds. The van der Waals surface area contributed by atoms with Crippen molar-refractivity contribution in [3.05, 3.63) is 0 Å². The second-order valence-corrected chi connectivity index (χ2v) is 6.72. The molecule has 0 aliphatic heterocycles. The van der Waals surface area contributed by atoms with Crippen molar-refractivity contribution in [1.82, 2.24) is 0 Å². The molecule has 0 aromatic carbocycles. The summed E-state index contributed by atoms with van der Waals surface area (Å²) in [5, 5.41) is 16.7. The highest BCUT2D eigenvalue weighted by Crippen LogP contribution is 2.29. The van der Waals surface area contributed by atoms with Crippen molar-refractivity contribution < 1.29 is 28.2 Å². The third kappa shape index (κ3) is 3.99. The number of hydrogen-bond acceptors (Lipinski definition) is 4. The van der Waals surface area contributed by atoms with Gasteiger partial charge in [0.15, 0.2) is 9.84 Å². The SMILES string of the molecule is O=C(O)CCS(=O)(=O)C1CCC(C(=O)O)CC1. The molecule has 0 spiro atoms. The lowest BCUT2D eigenvalue weighted by atomic mass is 9.89. The van der Waals surface area contributed by atoms with Crippen molar-refractivity contribution in [1.29, 1.82) is 0 Å². The highest BCUT2D eigenvalue weighted by molar-refractivity contribution is 7.92. The van der Waals surface area contributed by atoms with Gasteiger partial charge in [0.25, 0.3) is 0 Å². The average Bonchev–Trinajstić information content (AvgIpc) is 2.27. The van der Waals surface area contributed by atoms with Crippen LogP contribution in [0, 0.1) is 5.92 Å². The Labute approximate surface area is 99.6 Å². The minimum atomic E-state index is -3.40. The zero-order chi connectivity index (χ0) is 13.1. The van der Waals surface area contributed by atoms with Crippen LogP contribution in [0.15, 0.2) is 0 Å². The number of aliphatic carboxylic acids is 2. The minimum Gasteiger partial charge on any atom is -0.481 e. The smallest absolute Gasteiger partial charge is 0.306 e.